The Bertz CT molecular complexity index is 1080. The van der Waals surface area contributed by atoms with Crippen LogP contribution in [0.25, 0.3) is 0 Å². The molecule has 2 amide bonds. The van der Waals surface area contributed by atoms with Gasteiger partial charge in [-0.3, -0.25) is 9.59 Å². The highest BCUT2D eigenvalue weighted by molar-refractivity contribution is 6.32. The summed E-state index contributed by atoms with van der Waals surface area (Å²) < 4.78 is 5.50. The molecule has 3 rings (SSSR count). The number of rotatable bonds is 6. The molecule has 0 radical (unpaired) electrons. The van der Waals surface area contributed by atoms with Crippen LogP contribution in [0.2, 0.25) is 10.0 Å². The van der Waals surface area contributed by atoms with Crippen LogP contribution in [0.15, 0.2) is 60.7 Å². The van der Waals surface area contributed by atoms with Crippen molar-refractivity contribution in [2.24, 2.45) is 0 Å². The third kappa shape index (κ3) is 5.32. The van der Waals surface area contributed by atoms with Gasteiger partial charge in [-0.15, -0.1) is 0 Å². The van der Waals surface area contributed by atoms with E-state index in [2.05, 4.69) is 10.6 Å². The normalized spacial score (nSPS) is 10.4. The van der Waals surface area contributed by atoms with Crippen molar-refractivity contribution in [2.45, 2.75) is 13.8 Å². The third-order valence-electron chi connectivity index (χ3n) is 4.54. The molecule has 0 fully saturated rings. The van der Waals surface area contributed by atoms with Crippen molar-refractivity contribution < 1.29 is 14.3 Å². The van der Waals surface area contributed by atoms with Crippen LogP contribution in [0.5, 0.6) is 5.75 Å². The Balaban J connectivity index is 1.56. The SMILES string of the molecule is Cc1c(Cl)cccc1NC(=O)COc1ccc(C(=O)Nc2cccc(Cl)c2C)cc1. The second-order valence-electron chi connectivity index (χ2n) is 6.64. The molecule has 0 bridgehead atoms. The molecule has 0 atom stereocenters. The van der Waals surface area contributed by atoms with Gasteiger partial charge in [-0.2, -0.15) is 0 Å². The van der Waals surface area contributed by atoms with E-state index >= 15 is 0 Å². The monoisotopic (exact) mass is 442 g/mol. The van der Waals surface area contributed by atoms with Crippen molar-refractivity contribution in [3.8, 4) is 5.75 Å². The van der Waals surface area contributed by atoms with Crippen LogP contribution in [0.4, 0.5) is 11.4 Å². The summed E-state index contributed by atoms with van der Waals surface area (Å²) in [6.07, 6.45) is 0. The lowest BCUT2D eigenvalue weighted by Gasteiger charge is -2.11. The van der Waals surface area contributed by atoms with E-state index in [1.807, 2.05) is 13.8 Å². The van der Waals surface area contributed by atoms with E-state index in [-0.39, 0.29) is 18.4 Å². The first kappa shape index (κ1) is 21.7. The molecule has 0 aliphatic rings. The van der Waals surface area contributed by atoms with Crippen LogP contribution in [0.3, 0.4) is 0 Å². The van der Waals surface area contributed by atoms with E-state index in [1.54, 1.807) is 60.7 Å². The number of benzene rings is 3. The average molecular weight is 443 g/mol. The van der Waals surface area contributed by atoms with Crippen molar-refractivity contribution in [1.82, 2.24) is 0 Å². The quantitative estimate of drug-likeness (QED) is 0.500. The lowest BCUT2D eigenvalue weighted by molar-refractivity contribution is -0.118. The van der Waals surface area contributed by atoms with Crippen LogP contribution in [0, 0.1) is 13.8 Å². The minimum Gasteiger partial charge on any atom is -0.484 e. The lowest BCUT2D eigenvalue weighted by atomic mass is 10.1. The van der Waals surface area contributed by atoms with Gasteiger partial charge in [0.2, 0.25) is 0 Å². The smallest absolute Gasteiger partial charge is 0.262 e. The zero-order chi connectivity index (χ0) is 21.7. The maximum atomic E-state index is 12.4. The molecule has 7 heteroatoms. The molecular formula is C23H20Cl2N2O3. The number of amides is 2. The number of nitrogens with one attached hydrogen (secondary N) is 2. The Kier molecular flexibility index (Phi) is 6.98. The highest BCUT2D eigenvalue weighted by Gasteiger charge is 2.11. The summed E-state index contributed by atoms with van der Waals surface area (Å²) in [5.74, 6) is -0.0943. The standard InChI is InChI=1S/C23H20Cl2N2O3/c1-14-18(24)5-3-7-20(14)26-22(28)13-30-17-11-9-16(10-12-17)23(29)27-21-8-4-6-19(25)15(21)2/h3-12H,13H2,1-2H3,(H,26,28)(H,27,29). The molecule has 0 spiro atoms. The second kappa shape index (κ2) is 9.65. The molecule has 0 aromatic heterocycles. The number of hydrogen-bond donors (Lipinski definition) is 2. The fraction of sp³-hybridized carbons (Fsp3) is 0.130. The topological polar surface area (TPSA) is 67.4 Å². The predicted octanol–water partition coefficient (Wildman–Crippen LogP) is 5.88. The Hall–Kier alpha value is -3.02. The summed E-state index contributed by atoms with van der Waals surface area (Å²) in [6.45, 7) is 3.50. The van der Waals surface area contributed by atoms with Gasteiger partial charge in [-0.05, 0) is 73.5 Å². The number of hydrogen-bond acceptors (Lipinski definition) is 3. The molecule has 0 saturated heterocycles. The summed E-state index contributed by atoms with van der Waals surface area (Å²) >= 11 is 12.1. The van der Waals surface area contributed by atoms with Crippen molar-refractivity contribution in [1.29, 1.82) is 0 Å². The van der Waals surface area contributed by atoms with Crippen LogP contribution in [-0.4, -0.2) is 18.4 Å². The van der Waals surface area contributed by atoms with Crippen molar-refractivity contribution in [2.75, 3.05) is 17.2 Å². The largest absolute Gasteiger partial charge is 0.484 e. The first-order valence-corrected chi connectivity index (χ1v) is 9.95. The van der Waals surface area contributed by atoms with Crippen LogP contribution in [0.1, 0.15) is 21.5 Å². The summed E-state index contributed by atoms with van der Waals surface area (Å²) in [4.78, 5) is 24.6. The number of anilines is 2. The molecule has 30 heavy (non-hydrogen) atoms. The third-order valence-corrected chi connectivity index (χ3v) is 5.36. The van der Waals surface area contributed by atoms with Gasteiger partial charge in [-0.25, -0.2) is 0 Å². The fourth-order valence-electron chi connectivity index (χ4n) is 2.72. The number of carbonyl (C=O) groups is 2. The fourth-order valence-corrected chi connectivity index (χ4v) is 3.07. The van der Waals surface area contributed by atoms with E-state index in [0.29, 0.717) is 32.7 Å². The van der Waals surface area contributed by atoms with Crippen LogP contribution < -0.4 is 15.4 Å². The Morgan fingerprint density at radius 3 is 1.90 bits per heavy atom. The zero-order valence-corrected chi connectivity index (χ0v) is 18.0. The van der Waals surface area contributed by atoms with Crippen LogP contribution in [-0.2, 0) is 4.79 Å². The van der Waals surface area contributed by atoms with Crippen molar-refractivity contribution in [3.63, 3.8) is 0 Å². The lowest BCUT2D eigenvalue weighted by Crippen LogP contribution is -2.20. The average Bonchev–Trinajstić information content (AvgIpc) is 2.73. The van der Waals surface area contributed by atoms with Gasteiger partial charge in [0.25, 0.3) is 11.8 Å². The maximum absolute atomic E-state index is 12.4. The molecule has 3 aromatic carbocycles. The van der Waals surface area contributed by atoms with Gasteiger partial charge in [0.05, 0.1) is 0 Å². The molecule has 0 unspecified atom stereocenters. The molecule has 0 aliphatic carbocycles. The molecule has 154 valence electrons. The molecule has 3 aromatic rings. The van der Waals surface area contributed by atoms with Gasteiger partial charge in [0.1, 0.15) is 5.75 Å². The Morgan fingerprint density at radius 1 is 0.800 bits per heavy atom. The summed E-state index contributed by atoms with van der Waals surface area (Å²) in [5, 5.41) is 6.76. The van der Waals surface area contributed by atoms with E-state index < -0.39 is 0 Å². The minimum atomic E-state index is -0.307. The minimum absolute atomic E-state index is 0.167. The van der Waals surface area contributed by atoms with Gasteiger partial charge in [-0.1, -0.05) is 35.3 Å². The summed E-state index contributed by atoms with van der Waals surface area (Å²) in [6, 6.07) is 17.2. The molecule has 5 nitrogen and oxygen atoms in total. The van der Waals surface area contributed by atoms with E-state index in [1.165, 1.54) is 0 Å². The Morgan fingerprint density at radius 2 is 1.33 bits per heavy atom. The van der Waals surface area contributed by atoms with Crippen molar-refractivity contribution in [3.05, 3.63) is 87.4 Å². The van der Waals surface area contributed by atoms with Gasteiger partial charge in [0, 0.05) is 27.0 Å². The molecule has 0 heterocycles. The summed E-state index contributed by atoms with van der Waals surface area (Å²) in [5.41, 5.74) is 3.34. The highest BCUT2D eigenvalue weighted by atomic mass is 35.5. The van der Waals surface area contributed by atoms with E-state index in [0.717, 1.165) is 11.1 Å². The molecule has 0 saturated carbocycles. The van der Waals surface area contributed by atoms with Gasteiger partial charge >= 0.3 is 0 Å². The van der Waals surface area contributed by atoms with E-state index in [4.69, 9.17) is 27.9 Å². The maximum Gasteiger partial charge on any atom is 0.262 e. The number of carbonyl (C=O) groups excluding carboxylic acids is 2. The first-order chi connectivity index (χ1) is 14.3. The number of halogens is 2. The predicted molar refractivity (Wildman–Crippen MR) is 121 cm³/mol. The Labute approximate surface area is 185 Å². The van der Waals surface area contributed by atoms with Gasteiger partial charge < -0.3 is 15.4 Å². The number of ether oxygens (including phenoxy) is 1. The molecular weight excluding hydrogens is 423 g/mol. The zero-order valence-electron chi connectivity index (χ0n) is 16.5. The second-order valence-corrected chi connectivity index (χ2v) is 7.45. The first-order valence-electron chi connectivity index (χ1n) is 9.19. The van der Waals surface area contributed by atoms with Gasteiger partial charge in [0.15, 0.2) is 6.61 Å². The summed E-state index contributed by atoms with van der Waals surface area (Å²) in [7, 11) is 0. The molecule has 0 aliphatic heterocycles. The van der Waals surface area contributed by atoms with E-state index in [9.17, 15) is 9.59 Å². The van der Waals surface area contributed by atoms with Crippen molar-refractivity contribution >= 4 is 46.4 Å². The van der Waals surface area contributed by atoms with Crippen LogP contribution >= 0.6 is 23.2 Å². The highest BCUT2D eigenvalue weighted by Crippen LogP contribution is 2.24. The molecule has 2 N–H and O–H groups in total.